The van der Waals surface area contributed by atoms with Gasteiger partial charge in [-0.05, 0) is 50.2 Å². The Morgan fingerprint density at radius 1 is 1.27 bits per heavy atom. The van der Waals surface area contributed by atoms with Crippen LogP contribution in [-0.4, -0.2) is 22.0 Å². The van der Waals surface area contributed by atoms with Crippen LogP contribution < -0.4 is 10.1 Å². The fraction of sp³-hybridized carbons (Fsp3) is 0.250. The monoisotopic (exact) mass is 355 g/mol. The predicted molar refractivity (Wildman–Crippen MR) is 98.2 cm³/mol. The first kappa shape index (κ1) is 17.9. The lowest BCUT2D eigenvalue weighted by Gasteiger charge is -2.15. The van der Waals surface area contributed by atoms with Gasteiger partial charge in [-0.3, -0.25) is 0 Å². The normalized spacial score (nSPS) is 12.2. The molecule has 1 unspecified atom stereocenters. The molecule has 0 saturated carbocycles. The molecule has 1 aromatic heterocycles. The smallest absolute Gasteiger partial charge is 0.125 e. The molecule has 6 heteroatoms. The summed E-state index contributed by atoms with van der Waals surface area (Å²) in [5.74, 6) is 0.624. The molecule has 0 saturated heterocycles. The third-order valence-corrected chi connectivity index (χ3v) is 4.45. The summed E-state index contributed by atoms with van der Waals surface area (Å²) in [6.45, 7) is 4.46. The summed E-state index contributed by atoms with van der Waals surface area (Å²) in [7, 11) is 1.59. The Bertz CT molecular complexity index is 908. The molecule has 136 valence electrons. The minimum absolute atomic E-state index is 0.00269. The van der Waals surface area contributed by atoms with Gasteiger partial charge in [0.05, 0.1) is 19.0 Å². The third kappa shape index (κ3) is 3.70. The van der Waals surface area contributed by atoms with Gasteiger partial charge in [-0.25, -0.2) is 9.07 Å². The van der Waals surface area contributed by atoms with Crippen LogP contribution in [0.3, 0.4) is 0 Å². The summed E-state index contributed by atoms with van der Waals surface area (Å²) in [6.07, 6.45) is 1.78. The Balaban J connectivity index is 1.76. The number of rotatable bonds is 6. The quantitative estimate of drug-likeness (QED) is 0.704. The fourth-order valence-corrected chi connectivity index (χ4v) is 2.92. The van der Waals surface area contributed by atoms with E-state index in [4.69, 9.17) is 4.74 Å². The van der Waals surface area contributed by atoms with Crippen molar-refractivity contribution in [3.8, 4) is 17.2 Å². The number of ether oxygens (including phenoxy) is 1. The summed E-state index contributed by atoms with van der Waals surface area (Å²) in [5.41, 5.74) is 3.39. The molecule has 26 heavy (non-hydrogen) atoms. The van der Waals surface area contributed by atoms with Gasteiger partial charge in [0.2, 0.25) is 0 Å². The summed E-state index contributed by atoms with van der Waals surface area (Å²) in [4.78, 5) is 0. The maximum atomic E-state index is 13.5. The zero-order valence-electron chi connectivity index (χ0n) is 15.0. The van der Waals surface area contributed by atoms with Gasteiger partial charge in [-0.15, -0.1) is 0 Å². The fourth-order valence-electron chi connectivity index (χ4n) is 2.92. The highest BCUT2D eigenvalue weighted by atomic mass is 19.1. The number of hydrogen-bond donors (Lipinski definition) is 2. The van der Waals surface area contributed by atoms with E-state index in [1.807, 2.05) is 19.9 Å². The highest BCUT2D eigenvalue weighted by Crippen LogP contribution is 2.25. The van der Waals surface area contributed by atoms with Crippen molar-refractivity contribution in [1.82, 2.24) is 15.1 Å². The Hall–Kier alpha value is -2.86. The van der Waals surface area contributed by atoms with E-state index in [1.54, 1.807) is 42.3 Å². The Kier molecular flexibility index (Phi) is 5.23. The Morgan fingerprint density at radius 3 is 2.81 bits per heavy atom. The van der Waals surface area contributed by atoms with E-state index in [9.17, 15) is 9.50 Å². The van der Waals surface area contributed by atoms with Gasteiger partial charge in [0, 0.05) is 29.4 Å². The molecular weight excluding hydrogens is 333 g/mol. The second-order valence-electron chi connectivity index (χ2n) is 6.17. The lowest BCUT2D eigenvalue weighted by atomic mass is 10.1. The minimum Gasteiger partial charge on any atom is -0.508 e. The number of benzene rings is 2. The molecule has 0 aliphatic rings. The van der Waals surface area contributed by atoms with Crippen LogP contribution in [-0.2, 0) is 6.54 Å². The van der Waals surface area contributed by atoms with Gasteiger partial charge >= 0.3 is 0 Å². The van der Waals surface area contributed by atoms with E-state index in [-0.39, 0.29) is 17.6 Å². The molecule has 2 aromatic carbocycles. The molecular formula is C20H22FN3O2. The van der Waals surface area contributed by atoms with E-state index < -0.39 is 0 Å². The number of halogens is 1. The average molecular weight is 355 g/mol. The van der Waals surface area contributed by atoms with Crippen molar-refractivity contribution in [3.05, 3.63) is 71.3 Å². The number of nitrogens with one attached hydrogen (secondary N) is 1. The molecule has 0 spiro atoms. The van der Waals surface area contributed by atoms with E-state index in [0.717, 1.165) is 16.8 Å². The van der Waals surface area contributed by atoms with Crippen molar-refractivity contribution >= 4 is 0 Å². The van der Waals surface area contributed by atoms with Crippen LogP contribution in [0.1, 0.15) is 29.8 Å². The van der Waals surface area contributed by atoms with E-state index in [1.165, 1.54) is 12.1 Å². The molecule has 0 radical (unpaired) electrons. The van der Waals surface area contributed by atoms with Crippen LogP contribution in [0.25, 0.3) is 5.69 Å². The lowest BCUT2D eigenvalue weighted by Crippen LogP contribution is -2.18. The number of methoxy groups -OCH3 is 1. The molecule has 3 aromatic rings. The van der Waals surface area contributed by atoms with Crippen molar-refractivity contribution in [2.45, 2.75) is 26.4 Å². The Labute approximate surface area is 152 Å². The number of nitrogens with zero attached hydrogens (tertiary/aromatic N) is 2. The molecule has 1 atom stereocenters. The van der Waals surface area contributed by atoms with Gasteiger partial charge < -0.3 is 15.2 Å². The van der Waals surface area contributed by atoms with Crippen molar-refractivity contribution in [2.24, 2.45) is 0 Å². The van der Waals surface area contributed by atoms with Gasteiger partial charge in [0.1, 0.15) is 17.3 Å². The maximum absolute atomic E-state index is 13.5. The molecule has 5 nitrogen and oxygen atoms in total. The van der Waals surface area contributed by atoms with Crippen molar-refractivity contribution in [1.29, 1.82) is 0 Å². The number of hydrogen-bond acceptors (Lipinski definition) is 4. The molecule has 0 bridgehead atoms. The van der Waals surface area contributed by atoms with Gasteiger partial charge in [-0.1, -0.05) is 6.07 Å². The Morgan fingerprint density at radius 2 is 2.08 bits per heavy atom. The summed E-state index contributed by atoms with van der Waals surface area (Å²) >= 11 is 0. The SMILES string of the molecule is COc1ccc(O)c(CNC(C)c2cnn(-c3cccc(F)c3)c2C)c1. The van der Waals surface area contributed by atoms with Crippen molar-refractivity contribution in [2.75, 3.05) is 7.11 Å². The minimum atomic E-state index is -0.293. The van der Waals surface area contributed by atoms with Gasteiger partial charge in [0.25, 0.3) is 0 Å². The maximum Gasteiger partial charge on any atom is 0.125 e. The molecule has 0 aliphatic heterocycles. The molecule has 0 fully saturated rings. The number of phenolic OH excluding ortho intramolecular Hbond substituents is 1. The first-order valence-electron chi connectivity index (χ1n) is 8.39. The highest BCUT2D eigenvalue weighted by Gasteiger charge is 2.15. The highest BCUT2D eigenvalue weighted by molar-refractivity contribution is 5.39. The second-order valence-corrected chi connectivity index (χ2v) is 6.17. The predicted octanol–water partition coefficient (Wildman–Crippen LogP) is 3.88. The van der Waals surface area contributed by atoms with Crippen LogP contribution in [0.4, 0.5) is 4.39 Å². The molecule has 0 amide bonds. The third-order valence-electron chi connectivity index (χ3n) is 4.45. The number of aromatic nitrogens is 2. The first-order valence-corrected chi connectivity index (χ1v) is 8.39. The van der Waals surface area contributed by atoms with Crippen LogP contribution in [0, 0.1) is 12.7 Å². The largest absolute Gasteiger partial charge is 0.508 e. The van der Waals surface area contributed by atoms with Crippen molar-refractivity contribution < 1.29 is 14.2 Å². The van der Waals surface area contributed by atoms with Crippen LogP contribution in [0.15, 0.2) is 48.7 Å². The second kappa shape index (κ2) is 7.58. The van der Waals surface area contributed by atoms with Gasteiger partial charge in [0.15, 0.2) is 0 Å². The zero-order valence-corrected chi connectivity index (χ0v) is 15.0. The molecule has 1 heterocycles. The van der Waals surface area contributed by atoms with Crippen LogP contribution in [0.5, 0.6) is 11.5 Å². The zero-order chi connectivity index (χ0) is 18.7. The summed E-state index contributed by atoms with van der Waals surface area (Å²) in [6, 6.07) is 11.5. The molecule has 3 rings (SSSR count). The average Bonchev–Trinajstić information content (AvgIpc) is 3.02. The van der Waals surface area contributed by atoms with Gasteiger partial charge in [-0.2, -0.15) is 5.10 Å². The molecule has 2 N–H and O–H groups in total. The lowest BCUT2D eigenvalue weighted by molar-refractivity contribution is 0.409. The van der Waals surface area contributed by atoms with E-state index in [0.29, 0.717) is 18.0 Å². The van der Waals surface area contributed by atoms with E-state index in [2.05, 4.69) is 10.4 Å². The number of aromatic hydroxyl groups is 1. The summed E-state index contributed by atoms with van der Waals surface area (Å²) < 4.78 is 20.4. The topological polar surface area (TPSA) is 59.3 Å². The standard InChI is InChI=1S/C20H22FN3O2/c1-13(22-11-15-9-18(26-3)7-8-20(15)25)19-12-23-24(14(19)2)17-6-4-5-16(21)10-17/h4-10,12-13,22,25H,11H2,1-3H3. The first-order chi connectivity index (χ1) is 12.5. The van der Waals surface area contributed by atoms with Crippen LogP contribution >= 0.6 is 0 Å². The van der Waals surface area contributed by atoms with E-state index >= 15 is 0 Å². The van der Waals surface area contributed by atoms with Crippen molar-refractivity contribution in [3.63, 3.8) is 0 Å². The molecule has 0 aliphatic carbocycles. The summed E-state index contributed by atoms with van der Waals surface area (Å²) in [5, 5.41) is 17.8. The van der Waals surface area contributed by atoms with Crippen LogP contribution in [0.2, 0.25) is 0 Å². The number of phenols is 1.